The number of rotatable bonds is 4. The lowest BCUT2D eigenvalue weighted by Crippen LogP contribution is -2.19. The summed E-state index contributed by atoms with van der Waals surface area (Å²) in [6.45, 7) is 1.81. The largest absolute Gasteiger partial charge is 0.301 e. The smallest absolute Gasteiger partial charge is 0.0635 e. The van der Waals surface area contributed by atoms with E-state index in [0.29, 0.717) is 6.42 Å². The van der Waals surface area contributed by atoms with E-state index in [-0.39, 0.29) is 0 Å². The first kappa shape index (κ1) is 12.1. The molecule has 2 rings (SSSR count). The second-order valence-electron chi connectivity index (χ2n) is 4.96. The fraction of sp³-hybridized carbons (Fsp3) is 0.533. The van der Waals surface area contributed by atoms with Crippen molar-refractivity contribution >= 4 is 0 Å². The molecule has 0 heterocycles. The Morgan fingerprint density at radius 3 is 2.76 bits per heavy atom. The Hall–Kier alpha value is -1.33. The van der Waals surface area contributed by atoms with Gasteiger partial charge in [-0.1, -0.05) is 18.2 Å². The summed E-state index contributed by atoms with van der Waals surface area (Å²) in [7, 11) is 2.08. The minimum absolute atomic E-state index is 0.613. The van der Waals surface area contributed by atoms with Gasteiger partial charge in [0.05, 0.1) is 6.07 Å². The molecule has 1 aliphatic rings. The molecule has 0 aromatic heterocycles. The van der Waals surface area contributed by atoms with E-state index in [2.05, 4.69) is 36.2 Å². The average Bonchev–Trinajstić information content (AvgIpc) is 2.36. The summed E-state index contributed by atoms with van der Waals surface area (Å²) < 4.78 is 0. The summed E-state index contributed by atoms with van der Waals surface area (Å²) in [4.78, 5) is 2.22. The second-order valence-corrected chi connectivity index (χ2v) is 4.96. The lowest BCUT2D eigenvalue weighted by Gasteiger charge is -2.19. The Morgan fingerprint density at radius 1 is 1.24 bits per heavy atom. The van der Waals surface area contributed by atoms with E-state index in [0.717, 1.165) is 13.1 Å². The standard InChI is InChI=1S/C15H20N2/c1-17(10-4-9-16)12-13-7-8-14-5-2-3-6-15(14)11-13/h7-8,11H,2-6,10,12H2,1H3. The van der Waals surface area contributed by atoms with Gasteiger partial charge in [0, 0.05) is 19.5 Å². The molecule has 2 nitrogen and oxygen atoms in total. The number of hydrogen-bond acceptors (Lipinski definition) is 2. The number of nitriles is 1. The summed E-state index contributed by atoms with van der Waals surface area (Å²) >= 11 is 0. The van der Waals surface area contributed by atoms with Crippen molar-refractivity contribution in [2.24, 2.45) is 0 Å². The molecule has 0 bridgehead atoms. The van der Waals surface area contributed by atoms with E-state index in [1.54, 1.807) is 11.1 Å². The van der Waals surface area contributed by atoms with E-state index in [4.69, 9.17) is 5.26 Å². The van der Waals surface area contributed by atoms with Crippen LogP contribution in [-0.2, 0) is 19.4 Å². The summed E-state index contributed by atoms with van der Waals surface area (Å²) in [5.74, 6) is 0. The number of benzene rings is 1. The molecule has 0 spiro atoms. The summed E-state index contributed by atoms with van der Waals surface area (Å²) in [6, 6.07) is 9.09. The van der Waals surface area contributed by atoms with Gasteiger partial charge in [0.15, 0.2) is 0 Å². The van der Waals surface area contributed by atoms with Gasteiger partial charge in [-0.2, -0.15) is 5.26 Å². The van der Waals surface area contributed by atoms with Gasteiger partial charge in [-0.15, -0.1) is 0 Å². The molecule has 90 valence electrons. The summed E-state index contributed by atoms with van der Waals surface area (Å²) in [5.41, 5.74) is 4.47. The van der Waals surface area contributed by atoms with Crippen LogP contribution in [0.15, 0.2) is 18.2 Å². The number of hydrogen-bond donors (Lipinski definition) is 0. The second kappa shape index (κ2) is 5.84. The van der Waals surface area contributed by atoms with Gasteiger partial charge in [-0.25, -0.2) is 0 Å². The average molecular weight is 228 g/mol. The molecule has 0 radical (unpaired) electrons. The number of aryl methyl sites for hydroxylation is 2. The number of nitrogens with zero attached hydrogens (tertiary/aromatic N) is 2. The van der Waals surface area contributed by atoms with Crippen LogP contribution in [0, 0.1) is 11.3 Å². The maximum atomic E-state index is 8.56. The molecule has 0 N–H and O–H groups in total. The van der Waals surface area contributed by atoms with E-state index in [1.165, 1.54) is 31.2 Å². The van der Waals surface area contributed by atoms with Crippen LogP contribution < -0.4 is 0 Å². The van der Waals surface area contributed by atoms with Crippen LogP contribution in [0.5, 0.6) is 0 Å². The normalized spacial score (nSPS) is 14.4. The van der Waals surface area contributed by atoms with Gasteiger partial charge in [0.2, 0.25) is 0 Å². The summed E-state index contributed by atoms with van der Waals surface area (Å²) in [5, 5.41) is 8.56. The maximum Gasteiger partial charge on any atom is 0.0635 e. The highest BCUT2D eigenvalue weighted by molar-refractivity contribution is 5.33. The predicted molar refractivity (Wildman–Crippen MR) is 69.6 cm³/mol. The van der Waals surface area contributed by atoms with Gasteiger partial charge >= 0.3 is 0 Å². The molecule has 1 aromatic rings. The van der Waals surface area contributed by atoms with Gasteiger partial charge in [-0.05, 0) is 49.4 Å². The molecule has 0 aliphatic heterocycles. The first-order valence-electron chi connectivity index (χ1n) is 6.46. The first-order valence-corrected chi connectivity index (χ1v) is 6.46. The van der Waals surface area contributed by atoms with Gasteiger partial charge in [-0.3, -0.25) is 0 Å². The zero-order chi connectivity index (χ0) is 12.1. The minimum Gasteiger partial charge on any atom is -0.301 e. The zero-order valence-electron chi connectivity index (χ0n) is 10.6. The van der Waals surface area contributed by atoms with Crippen LogP contribution in [0.1, 0.15) is 36.0 Å². The minimum atomic E-state index is 0.613. The third-order valence-corrected chi connectivity index (χ3v) is 3.47. The van der Waals surface area contributed by atoms with Crippen molar-refractivity contribution in [3.8, 4) is 6.07 Å². The Kier molecular flexibility index (Phi) is 4.17. The van der Waals surface area contributed by atoms with E-state index < -0.39 is 0 Å². The van der Waals surface area contributed by atoms with Crippen LogP contribution in [0.3, 0.4) is 0 Å². The molecule has 0 unspecified atom stereocenters. The molecule has 0 amide bonds. The van der Waals surface area contributed by atoms with Gasteiger partial charge in [0.1, 0.15) is 0 Å². The molecule has 0 saturated heterocycles. The molecule has 17 heavy (non-hydrogen) atoms. The summed E-state index contributed by atoms with van der Waals surface area (Å²) in [6.07, 6.45) is 5.78. The fourth-order valence-electron chi connectivity index (χ4n) is 2.52. The van der Waals surface area contributed by atoms with E-state index in [9.17, 15) is 0 Å². The molecule has 0 fully saturated rings. The topological polar surface area (TPSA) is 27.0 Å². The molecule has 0 saturated carbocycles. The van der Waals surface area contributed by atoms with Crippen LogP contribution >= 0.6 is 0 Å². The number of fused-ring (bicyclic) bond motifs is 1. The first-order chi connectivity index (χ1) is 8.29. The monoisotopic (exact) mass is 228 g/mol. The highest BCUT2D eigenvalue weighted by Gasteiger charge is 2.10. The van der Waals surface area contributed by atoms with Crippen molar-refractivity contribution in [3.63, 3.8) is 0 Å². The SMILES string of the molecule is CN(CCC#N)Cc1ccc2c(c1)CCCC2. The molecule has 2 heteroatoms. The van der Waals surface area contributed by atoms with Crippen LogP contribution in [-0.4, -0.2) is 18.5 Å². The van der Waals surface area contributed by atoms with Gasteiger partial charge in [0.25, 0.3) is 0 Å². The Balaban J connectivity index is 2.00. The maximum absolute atomic E-state index is 8.56. The van der Waals surface area contributed by atoms with Crippen molar-refractivity contribution in [3.05, 3.63) is 34.9 Å². The lowest BCUT2D eigenvalue weighted by atomic mass is 9.90. The molecular weight excluding hydrogens is 208 g/mol. The van der Waals surface area contributed by atoms with Crippen molar-refractivity contribution < 1.29 is 0 Å². The molecular formula is C15H20N2. The van der Waals surface area contributed by atoms with E-state index in [1.807, 2.05) is 0 Å². The Labute approximate surface area is 104 Å². The third-order valence-electron chi connectivity index (χ3n) is 3.47. The zero-order valence-corrected chi connectivity index (χ0v) is 10.6. The Morgan fingerprint density at radius 2 is 2.00 bits per heavy atom. The van der Waals surface area contributed by atoms with Crippen molar-refractivity contribution in [2.75, 3.05) is 13.6 Å². The molecule has 1 aliphatic carbocycles. The van der Waals surface area contributed by atoms with E-state index >= 15 is 0 Å². The fourth-order valence-corrected chi connectivity index (χ4v) is 2.52. The van der Waals surface area contributed by atoms with Crippen molar-refractivity contribution in [1.29, 1.82) is 5.26 Å². The predicted octanol–water partition coefficient (Wildman–Crippen LogP) is 2.91. The van der Waals surface area contributed by atoms with Crippen molar-refractivity contribution in [1.82, 2.24) is 4.90 Å². The lowest BCUT2D eigenvalue weighted by molar-refractivity contribution is 0.335. The highest BCUT2D eigenvalue weighted by Crippen LogP contribution is 2.22. The highest BCUT2D eigenvalue weighted by atomic mass is 15.1. The Bertz CT molecular complexity index is 417. The van der Waals surface area contributed by atoms with Gasteiger partial charge < -0.3 is 4.90 Å². The van der Waals surface area contributed by atoms with Crippen LogP contribution in [0.2, 0.25) is 0 Å². The quantitative estimate of drug-likeness (QED) is 0.792. The third kappa shape index (κ3) is 3.31. The van der Waals surface area contributed by atoms with Crippen LogP contribution in [0.4, 0.5) is 0 Å². The van der Waals surface area contributed by atoms with Crippen LogP contribution in [0.25, 0.3) is 0 Å². The molecule has 1 aromatic carbocycles. The molecule has 0 atom stereocenters. The van der Waals surface area contributed by atoms with Crippen molar-refractivity contribution in [2.45, 2.75) is 38.6 Å².